The molecule has 3 aromatic rings. The number of fused-ring (bicyclic) bond motifs is 1. The van der Waals surface area contributed by atoms with Gasteiger partial charge >= 0.3 is 0 Å². The molecule has 1 aliphatic heterocycles. The average molecular weight is 355 g/mol. The molecule has 0 unspecified atom stereocenters. The van der Waals surface area contributed by atoms with Gasteiger partial charge in [-0.15, -0.1) is 0 Å². The van der Waals surface area contributed by atoms with Crippen molar-refractivity contribution in [2.45, 2.75) is 25.0 Å². The fourth-order valence-corrected chi connectivity index (χ4v) is 3.41. The van der Waals surface area contributed by atoms with E-state index in [0.717, 1.165) is 13.1 Å². The molecule has 0 saturated carbocycles. The lowest BCUT2D eigenvalue weighted by atomic mass is 9.87. The normalized spacial score (nSPS) is 16.7. The van der Waals surface area contributed by atoms with Crippen molar-refractivity contribution in [1.29, 1.82) is 0 Å². The molecule has 1 amide bonds. The van der Waals surface area contributed by atoms with E-state index in [1.807, 2.05) is 24.4 Å². The van der Waals surface area contributed by atoms with Crippen molar-refractivity contribution < 1.29 is 13.9 Å². The lowest BCUT2D eigenvalue weighted by molar-refractivity contribution is -0.126. The monoisotopic (exact) mass is 355 g/mol. The summed E-state index contributed by atoms with van der Waals surface area (Å²) >= 11 is 0. The fourth-order valence-electron chi connectivity index (χ4n) is 3.41. The minimum atomic E-state index is -0.686. The highest BCUT2D eigenvalue weighted by atomic mass is 16.5. The van der Waals surface area contributed by atoms with Crippen LogP contribution in [0.1, 0.15) is 18.7 Å². The van der Waals surface area contributed by atoms with E-state index in [2.05, 4.69) is 20.7 Å². The van der Waals surface area contributed by atoms with Crippen molar-refractivity contribution in [3.8, 4) is 0 Å². The minimum Gasteiger partial charge on any atom is -0.438 e. The second-order valence-corrected chi connectivity index (χ2v) is 6.41. The van der Waals surface area contributed by atoms with Crippen LogP contribution in [0, 0.1) is 0 Å². The SMILES string of the molecule is COCc1nc2cc(NC(=O)C3(n4cccn4)CCNCC3)ccc2o1. The molecule has 4 rings (SSSR count). The second-order valence-electron chi connectivity index (χ2n) is 6.41. The Morgan fingerprint density at radius 1 is 1.42 bits per heavy atom. The lowest BCUT2D eigenvalue weighted by Gasteiger charge is -2.36. The first kappa shape index (κ1) is 16.7. The van der Waals surface area contributed by atoms with Crippen LogP contribution in [0.3, 0.4) is 0 Å². The summed E-state index contributed by atoms with van der Waals surface area (Å²) in [5, 5.41) is 10.7. The van der Waals surface area contributed by atoms with Gasteiger partial charge < -0.3 is 19.8 Å². The summed E-state index contributed by atoms with van der Waals surface area (Å²) in [6, 6.07) is 7.28. The van der Waals surface area contributed by atoms with E-state index in [0.29, 0.717) is 42.1 Å². The topological polar surface area (TPSA) is 94.2 Å². The number of piperidine rings is 1. The average Bonchev–Trinajstić information content (AvgIpc) is 3.32. The van der Waals surface area contributed by atoms with Gasteiger partial charge in [0.1, 0.15) is 17.7 Å². The number of hydrogen-bond acceptors (Lipinski definition) is 6. The Labute approximate surface area is 150 Å². The Hall–Kier alpha value is -2.71. The largest absolute Gasteiger partial charge is 0.438 e. The van der Waals surface area contributed by atoms with Gasteiger partial charge in [0.15, 0.2) is 5.58 Å². The summed E-state index contributed by atoms with van der Waals surface area (Å²) in [5.74, 6) is 0.444. The molecular weight excluding hydrogens is 334 g/mol. The third kappa shape index (κ3) is 2.97. The summed E-state index contributed by atoms with van der Waals surface area (Å²) in [4.78, 5) is 17.5. The number of hydrogen-bond donors (Lipinski definition) is 2. The number of nitrogens with zero attached hydrogens (tertiary/aromatic N) is 3. The van der Waals surface area contributed by atoms with Crippen molar-refractivity contribution in [3.05, 3.63) is 42.5 Å². The number of carbonyl (C=O) groups is 1. The van der Waals surface area contributed by atoms with Crippen molar-refractivity contribution in [2.24, 2.45) is 0 Å². The highest BCUT2D eigenvalue weighted by Gasteiger charge is 2.42. The van der Waals surface area contributed by atoms with Crippen LogP contribution in [-0.4, -0.2) is 40.9 Å². The molecule has 26 heavy (non-hydrogen) atoms. The van der Waals surface area contributed by atoms with E-state index in [-0.39, 0.29) is 5.91 Å². The van der Waals surface area contributed by atoms with E-state index in [1.165, 1.54) is 0 Å². The zero-order valence-corrected chi connectivity index (χ0v) is 14.6. The summed E-state index contributed by atoms with van der Waals surface area (Å²) in [5.41, 5.74) is 1.35. The molecule has 8 heteroatoms. The first-order valence-corrected chi connectivity index (χ1v) is 8.62. The van der Waals surface area contributed by atoms with Crippen LogP contribution >= 0.6 is 0 Å². The molecule has 0 spiro atoms. The fraction of sp³-hybridized carbons (Fsp3) is 0.389. The van der Waals surface area contributed by atoms with Gasteiger partial charge in [-0.3, -0.25) is 9.48 Å². The maximum absolute atomic E-state index is 13.2. The molecule has 1 saturated heterocycles. The predicted octanol–water partition coefficient (Wildman–Crippen LogP) is 1.89. The summed E-state index contributed by atoms with van der Waals surface area (Å²) in [6.07, 6.45) is 4.92. The molecule has 1 aromatic carbocycles. The molecule has 0 radical (unpaired) electrons. The molecule has 3 heterocycles. The van der Waals surface area contributed by atoms with Gasteiger partial charge in [-0.1, -0.05) is 0 Å². The summed E-state index contributed by atoms with van der Waals surface area (Å²) in [6.45, 7) is 1.86. The number of methoxy groups -OCH3 is 1. The molecule has 1 aliphatic rings. The number of carbonyl (C=O) groups excluding carboxylic acids is 1. The molecule has 0 bridgehead atoms. The first-order chi connectivity index (χ1) is 12.7. The van der Waals surface area contributed by atoms with Crippen LogP contribution < -0.4 is 10.6 Å². The van der Waals surface area contributed by atoms with Gasteiger partial charge in [0.25, 0.3) is 5.91 Å². The number of nitrogens with one attached hydrogen (secondary N) is 2. The molecule has 8 nitrogen and oxygen atoms in total. The lowest BCUT2D eigenvalue weighted by Crippen LogP contribution is -2.52. The number of rotatable bonds is 5. The Balaban J connectivity index is 1.60. The minimum absolute atomic E-state index is 0.0670. The van der Waals surface area contributed by atoms with E-state index < -0.39 is 5.54 Å². The second kappa shape index (κ2) is 6.89. The van der Waals surface area contributed by atoms with Gasteiger partial charge in [-0.2, -0.15) is 5.10 Å². The predicted molar refractivity (Wildman–Crippen MR) is 95.7 cm³/mol. The van der Waals surface area contributed by atoms with E-state index in [1.54, 1.807) is 24.1 Å². The van der Waals surface area contributed by atoms with Gasteiger partial charge in [0.2, 0.25) is 5.89 Å². The summed E-state index contributed by atoms with van der Waals surface area (Å²) < 4.78 is 12.4. The maximum atomic E-state index is 13.2. The number of anilines is 1. The third-order valence-electron chi connectivity index (χ3n) is 4.75. The molecular formula is C18H21N5O3. The number of benzene rings is 1. The first-order valence-electron chi connectivity index (χ1n) is 8.62. The molecule has 1 fully saturated rings. The third-order valence-corrected chi connectivity index (χ3v) is 4.75. The van der Waals surface area contributed by atoms with Gasteiger partial charge in [0, 0.05) is 25.2 Å². The Morgan fingerprint density at radius 2 is 2.27 bits per heavy atom. The van der Waals surface area contributed by atoms with Crippen molar-refractivity contribution in [2.75, 3.05) is 25.5 Å². The zero-order chi connectivity index (χ0) is 18.0. The molecule has 0 atom stereocenters. The Bertz CT molecular complexity index is 897. The highest BCUT2D eigenvalue weighted by molar-refractivity contribution is 5.98. The number of oxazole rings is 1. The van der Waals surface area contributed by atoms with Crippen LogP contribution in [0.2, 0.25) is 0 Å². The van der Waals surface area contributed by atoms with Crippen molar-refractivity contribution >= 4 is 22.7 Å². The van der Waals surface area contributed by atoms with Crippen LogP contribution in [-0.2, 0) is 21.7 Å². The Morgan fingerprint density at radius 3 is 3.00 bits per heavy atom. The number of ether oxygens (including phenoxy) is 1. The van der Waals surface area contributed by atoms with Crippen molar-refractivity contribution in [3.63, 3.8) is 0 Å². The van der Waals surface area contributed by atoms with Crippen LogP contribution in [0.25, 0.3) is 11.1 Å². The summed E-state index contributed by atoms with van der Waals surface area (Å²) in [7, 11) is 1.59. The highest BCUT2D eigenvalue weighted by Crippen LogP contribution is 2.29. The van der Waals surface area contributed by atoms with Gasteiger partial charge in [-0.25, -0.2) is 4.98 Å². The Kier molecular flexibility index (Phi) is 4.44. The smallest absolute Gasteiger partial charge is 0.252 e. The van der Waals surface area contributed by atoms with Crippen molar-refractivity contribution in [1.82, 2.24) is 20.1 Å². The zero-order valence-electron chi connectivity index (χ0n) is 14.6. The van der Waals surface area contributed by atoms with Crippen LogP contribution in [0.4, 0.5) is 5.69 Å². The van der Waals surface area contributed by atoms with Crippen LogP contribution in [0.5, 0.6) is 0 Å². The molecule has 2 N–H and O–H groups in total. The standard InChI is InChI=1S/C18H21N5O3/c1-25-12-16-22-14-11-13(3-4-15(14)26-16)21-17(24)18(5-8-19-9-6-18)23-10-2-7-20-23/h2-4,7,10-11,19H,5-6,8-9,12H2,1H3,(H,21,24). The quantitative estimate of drug-likeness (QED) is 0.726. The molecule has 136 valence electrons. The molecule has 2 aromatic heterocycles. The molecule has 0 aliphatic carbocycles. The maximum Gasteiger partial charge on any atom is 0.252 e. The number of aromatic nitrogens is 3. The van der Waals surface area contributed by atoms with Gasteiger partial charge in [-0.05, 0) is 50.2 Å². The van der Waals surface area contributed by atoms with E-state index >= 15 is 0 Å². The van der Waals surface area contributed by atoms with E-state index in [4.69, 9.17) is 9.15 Å². The number of amides is 1. The van der Waals surface area contributed by atoms with E-state index in [9.17, 15) is 4.79 Å². The van der Waals surface area contributed by atoms with Crippen LogP contribution in [0.15, 0.2) is 41.1 Å². The van der Waals surface area contributed by atoms with Gasteiger partial charge in [0.05, 0.1) is 0 Å².